The van der Waals surface area contributed by atoms with Crippen LogP contribution in [-0.2, 0) is 4.79 Å². The molecular weight excluding hydrogens is 398 g/mol. The van der Waals surface area contributed by atoms with Gasteiger partial charge in [-0.2, -0.15) is 0 Å². The molecule has 1 aliphatic rings. The van der Waals surface area contributed by atoms with E-state index in [0.717, 1.165) is 35.8 Å². The van der Waals surface area contributed by atoms with Gasteiger partial charge in [-0.05, 0) is 38.0 Å². The summed E-state index contributed by atoms with van der Waals surface area (Å²) in [4.78, 5) is 24.3. The average Bonchev–Trinajstić information content (AvgIpc) is 3.28. The lowest BCUT2D eigenvalue weighted by Gasteiger charge is -2.10. The molecule has 1 heterocycles. The zero-order valence-electron chi connectivity index (χ0n) is 14.7. The van der Waals surface area contributed by atoms with Crippen molar-refractivity contribution in [3.63, 3.8) is 0 Å². The Balaban J connectivity index is 1.53. The van der Waals surface area contributed by atoms with Crippen LogP contribution in [0.5, 0.6) is 0 Å². The molecule has 3 rings (SSSR count). The zero-order valence-corrected chi connectivity index (χ0v) is 16.3. The number of hydrogen-bond acceptors (Lipinski definition) is 4. The van der Waals surface area contributed by atoms with Crippen molar-refractivity contribution in [3.05, 3.63) is 40.1 Å². The first-order valence-corrected chi connectivity index (χ1v) is 9.59. The summed E-state index contributed by atoms with van der Waals surface area (Å²) in [6.07, 6.45) is 4.19. The molecule has 0 atom stereocenters. The molecule has 8 heteroatoms. The molecule has 2 N–H and O–H groups in total. The van der Waals surface area contributed by atoms with Crippen molar-refractivity contribution in [2.45, 2.75) is 32.6 Å². The molecular formula is C18H22BrN5O2. The molecule has 0 bridgehead atoms. The monoisotopic (exact) mass is 419 g/mol. The summed E-state index contributed by atoms with van der Waals surface area (Å²) < 4.78 is 2.55. The summed E-state index contributed by atoms with van der Waals surface area (Å²) in [7, 11) is 0. The third-order valence-corrected chi connectivity index (χ3v) is 5.09. The van der Waals surface area contributed by atoms with Crippen molar-refractivity contribution in [1.29, 1.82) is 0 Å². The number of rotatable bonds is 6. The van der Waals surface area contributed by atoms with Gasteiger partial charge in [0.25, 0.3) is 5.91 Å². The van der Waals surface area contributed by atoms with Crippen LogP contribution in [0.3, 0.4) is 0 Å². The van der Waals surface area contributed by atoms with Gasteiger partial charge in [-0.25, -0.2) is 4.68 Å². The Morgan fingerprint density at radius 3 is 2.69 bits per heavy atom. The average molecular weight is 420 g/mol. The van der Waals surface area contributed by atoms with Crippen LogP contribution in [0.4, 0.5) is 0 Å². The summed E-state index contributed by atoms with van der Waals surface area (Å²) in [5, 5.41) is 13.7. The van der Waals surface area contributed by atoms with Gasteiger partial charge >= 0.3 is 0 Å². The van der Waals surface area contributed by atoms with Crippen LogP contribution in [-0.4, -0.2) is 39.9 Å². The topological polar surface area (TPSA) is 88.9 Å². The number of nitrogens with one attached hydrogen (secondary N) is 2. The Kier molecular flexibility index (Phi) is 6.03. The van der Waals surface area contributed by atoms with E-state index in [1.54, 1.807) is 11.6 Å². The molecule has 26 heavy (non-hydrogen) atoms. The Hall–Kier alpha value is -2.22. The molecule has 0 saturated heterocycles. The van der Waals surface area contributed by atoms with Gasteiger partial charge in [0.05, 0.1) is 11.4 Å². The van der Waals surface area contributed by atoms with Crippen LogP contribution in [0.15, 0.2) is 28.7 Å². The SMILES string of the molecule is Cc1c(C(=O)NCCNC(=O)C2CCCC2)nnn1-c1cccc(Br)c1. The van der Waals surface area contributed by atoms with E-state index in [1.165, 1.54) is 0 Å². The molecule has 138 valence electrons. The second kappa shape index (κ2) is 8.44. The molecule has 0 radical (unpaired) electrons. The van der Waals surface area contributed by atoms with Crippen molar-refractivity contribution in [3.8, 4) is 5.69 Å². The fourth-order valence-corrected chi connectivity index (χ4v) is 3.56. The van der Waals surface area contributed by atoms with Gasteiger partial charge in [0, 0.05) is 23.5 Å². The van der Waals surface area contributed by atoms with E-state index >= 15 is 0 Å². The van der Waals surface area contributed by atoms with Crippen LogP contribution >= 0.6 is 15.9 Å². The summed E-state index contributed by atoms with van der Waals surface area (Å²) in [5.74, 6) is -0.0644. The Morgan fingerprint density at radius 1 is 1.23 bits per heavy atom. The van der Waals surface area contributed by atoms with Crippen molar-refractivity contribution in [1.82, 2.24) is 25.6 Å². The molecule has 7 nitrogen and oxygen atoms in total. The molecule has 0 spiro atoms. The standard InChI is InChI=1S/C18H22BrN5O2/c1-12-16(22-23-24(12)15-8-4-7-14(19)11-15)18(26)21-10-9-20-17(25)13-5-2-3-6-13/h4,7-8,11,13H,2-3,5-6,9-10H2,1H3,(H,20,25)(H,21,26). The van der Waals surface area contributed by atoms with Crippen LogP contribution in [0, 0.1) is 12.8 Å². The van der Waals surface area contributed by atoms with E-state index in [-0.39, 0.29) is 23.4 Å². The highest BCUT2D eigenvalue weighted by molar-refractivity contribution is 9.10. The zero-order chi connectivity index (χ0) is 18.5. The van der Waals surface area contributed by atoms with E-state index in [9.17, 15) is 9.59 Å². The molecule has 1 saturated carbocycles. The first-order chi connectivity index (χ1) is 12.6. The highest BCUT2D eigenvalue weighted by Crippen LogP contribution is 2.24. The maximum absolute atomic E-state index is 12.3. The third kappa shape index (κ3) is 4.30. The number of amides is 2. The molecule has 0 aliphatic heterocycles. The van der Waals surface area contributed by atoms with E-state index in [2.05, 4.69) is 36.9 Å². The quantitative estimate of drug-likeness (QED) is 0.703. The Bertz CT molecular complexity index is 799. The number of halogens is 1. The largest absolute Gasteiger partial charge is 0.354 e. The lowest BCUT2D eigenvalue weighted by Crippen LogP contribution is -2.37. The van der Waals surface area contributed by atoms with Crippen LogP contribution in [0.25, 0.3) is 5.69 Å². The lowest BCUT2D eigenvalue weighted by molar-refractivity contribution is -0.124. The smallest absolute Gasteiger partial charge is 0.273 e. The first kappa shape index (κ1) is 18.6. The minimum atomic E-state index is -0.293. The van der Waals surface area contributed by atoms with Gasteiger partial charge < -0.3 is 10.6 Å². The molecule has 2 amide bonds. The fourth-order valence-electron chi connectivity index (χ4n) is 3.17. The van der Waals surface area contributed by atoms with Crippen molar-refractivity contribution < 1.29 is 9.59 Å². The van der Waals surface area contributed by atoms with Crippen LogP contribution in [0.1, 0.15) is 41.9 Å². The summed E-state index contributed by atoms with van der Waals surface area (Å²) in [6.45, 7) is 2.58. The number of aromatic nitrogens is 3. The second-order valence-electron chi connectivity index (χ2n) is 6.44. The van der Waals surface area contributed by atoms with Crippen LogP contribution in [0.2, 0.25) is 0 Å². The predicted octanol–water partition coefficient (Wildman–Crippen LogP) is 2.37. The number of hydrogen-bond donors (Lipinski definition) is 2. The minimum Gasteiger partial charge on any atom is -0.354 e. The Labute approximate surface area is 160 Å². The lowest BCUT2D eigenvalue weighted by atomic mass is 10.1. The first-order valence-electron chi connectivity index (χ1n) is 8.80. The molecule has 1 aromatic carbocycles. The second-order valence-corrected chi connectivity index (χ2v) is 7.36. The number of carbonyl (C=O) groups excluding carboxylic acids is 2. The maximum Gasteiger partial charge on any atom is 0.273 e. The van der Waals surface area contributed by atoms with Gasteiger partial charge in [0.15, 0.2) is 5.69 Å². The van der Waals surface area contributed by atoms with Crippen molar-refractivity contribution in [2.24, 2.45) is 5.92 Å². The van der Waals surface area contributed by atoms with Gasteiger partial charge in [-0.3, -0.25) is 9.59 Å². The van der Waals surface area contributed by atoms with Crippen molar-refractivity contribution >= 4 is 27.7 Å². The molecule has 1 fully saturated rings. The fraction of sp³-hybridized carbons (Fsp3) is 0.444. The van der Waals surface area contributed by atoms with Crippen LogP contribution < -0.4 is 10.6 Å². The summed E-state index contributed by atoms with van der Waals surface area (Å²) in [5.41, 5.74) is 1.77. The number of carbonyl (C=O) groups is 2. The molecule has 2 aromatic rings. The van der Waals surface area contributed by atoms with Crippen molar-refractivity contribution in [2.75, 3.05) is 13.1 Å². The maximum atomic E-state index is 12.3. The van der Waals surface area contributed by atoms with E-state index in [0.29, 0.717) is 18.8 Å². The van der Waals surface area contributed by atoms with E-state index in [4.69, 9.17) is 0 Å². The summed E-state index contributed by atoms with van der Waals surface area (Å²) >= 11 is 3.42. The van der Waals surface area contributed by atoms with Gasteiger partial charge in [-0.15, -0.1) is 5.10 Å². The summed E-state index contributed by atoms with van der Waals surface area (Å²) in [6, 6.07) is 7.62. The van der Waals surface area contributed by atoms with Gasteiger partial charge in [0.1, 0.15) is 0 Å². The number of benzene rings is 1. The van der Waals surface area contributed by atoms with E-state index < -0.39 is 0 Å². The molecule has 1 aliphatic carbocycles. The molecule has 1 aromatic heterocycles. The van der Waals surface area contributed by atoms with Gasteiger partial charge in [-0.1, -0.05) is 40.1 Å². The third-order valence-electron chi connectivity index (χ3n) is 4.60. The molecule has 0 unspecified atom stereocenters. The van der Waals surface area contributed by atoms with Gasteiger partial charge in [0.2, 0.25) is 5.91 Å². The minimum absolute atomic E-state index is 0.0912. The highest BCUT2D eigenvalue weighted by Gasteiger charge is 2.22. The highest BCUT2D eigenvalue weighted by atomic mass is 79.9. The number of nitrogens with zero attached hydrogens (tertiary/aromatic N) is 3. The Morgan fingerprint density at radius 2 is 1.96 bits per heavy atom. The normalized spacial score (nSPS) is 14.4. The predicted molar refractivity (Wildman–Crippen MR) is 101 cm³/mol. The van der Waals surface area contributed by atoms with E-state index in [1.807, 2.05) is 24.3 Å².